The molecule has 0 unspecified atom stereocenters. The highest BCUT2D eigenvalue weighted by molar-refractivity contribution is 7.14. The number of hydrogen-bond acceptors (Lipinski definition) is 5. The van der Waals surface area contributed by atoms with Crippen LogP contribution in [0.2, 0.25) is 0 Å². The van der Waals surface area contributed by atoms with Crippen molar-refractivity contribution in [2.75, 3.05) is 18.4 Å². The summed E-state index contributed by atoms with van der Waals surface area (Å²) in [5.41, 5.74) is 1.28. The zero-order valence-corrected chi connectivity index (χ0v) is 17.3. The van der Waals surface area contributed by atoms with Gasteiger partial charge in [0.15, 0.2) is 0 Å². The van der Waals surface area contributed by atoms with Crippen molar-refractivity contribution >= 4 is 29.2 Å². The van der Waals surface area contributed by atoms with Gasteiger partial charge in [0, 0.05) is 25.9 Å². The lowest BCUT2D eigenvalue weighted by Crippen LogP contribution is -2.44. The molecule has 0 atom stereocenters. The van der Waals surface area contributed by atoms with E-state index in [1.165, 1.54) is 0 Å². The Balaban J connectivity index is 1.50. The lowest BCUT2D eigenvalue weighted by Gasteiger charge is -2.33. The summed E-state index contributed by atoms with van der Waals surface area (Å²) in [7, 11) is 0. The average molecular weight is 403 g/mol. The number of amides is 2. The van der Waals surface area contributed by atoms with E-state index in [1.807, 2.05) is 62.5 Å². The summed E-state index contributed by atoms with van der Waals surface area (Å²) in [5.74, 6) is 0. The number of ether oxygens (including phenoxy) is 2. The van der Waals surface area contributed by atoms with Gasteiger partial charge < -0.3 is 14.4 Å². The molecular formula is C21H26N2O4S. The van der Waals surface area contributed by atoms with Crippen LogP contribution in [0.3, 0.4) is 0 Å². The molecule has 1 N–H and O–H groups in total. The van der Waals surface area contributed by atoms with Gasteiger partial charge in [-0.05, 0) is 37.8 Å². The molecule has 0 aliphatic carbocycles. The van der Waals surface area contributed by atoms with Gasteiger partial charge >= 0.3 is 12.2 Å². The maximum absolute atomic E-state index is 12.3. The topological polar surface area (TPSA) is 67.9 Å². The van der Waals surface area contributed by atoms with Gasteiger partial charge in [-0.15, -0.1) is 11.3 Å². The minimum atomic E-state index is -0.513. The summed E-state index contributed by atoms with van der Waals surface area (Å²) in [5, 5.41) is 4.79. The second-order valence-corrected chi connectivity index (χ2v) is 8.64. The van der Waals surface area contributed by atoms with Crippen LogP contribution in [0.5, 0.6) is 0 Å². The number of piperidine rings is 1. The highest BCUT2D eigenvalue weighted by Crippen LogP contribution is 2.33. The van der Waals surface area contributed by atoms with Crippen molar-refractivity contribution in [3.8, 4) is 10.4 Å². The van der Waals surface area contributed by atoms with E-state index in [4.69, 9.17) is 9.47 Å². The molecule has 28 heavy (non-hydrogen) atoms. The Labute approximate surface area is 169 Å². The number of likely N-dealkylation sites (tertiary alicyclic amines) is 1. The number of hydrogen-bond donors (Lipinski definition) is 1. The maximum atomic E-state index is 12.3. The van der Waals surface area contributed by atoms with E-state index in [0.717, 1.165) is 16.1 Å². The molecule has 6 nitrogen and oxygen atoms in total. The van der Waals surface area contributed by atoms with Gasteiger partial charge in [0.2, 0.25) is 0 Å². The number of carbonyl (C=O) groups excluding carboxylic acids is 2. The standard InChI is InChI=1S/C21H26N2O4S/c1-21(2,3)27-20(25)23-12-9-16(10-13-23)26-19(24)22-17-11-14-28-18(17)15-7-5-4-6-8-15/h4-8,11,14,16H,9-10,12-13H2,1-3H3,(H,22,24). The van der Waals surface area contributed by atoms with Crippen LogP contribution in [0.15, 0.2) is 41.8 Å². The molecule has 0 saturated carbocycles. The van der Waals surface area contributed by atoms with Crippen molar-refractivity contribution in [3.05, 3.63) is 41.8 Å². The third kappa shape index (κ3) is 5.48. The number of nitrogens with zero attached hydrogens (tertiary/aromatic N) is 1. The number of nitrogens with one attached hydrogen (secondary N) is 1. The number of thiophene rings is 1. The van der Waals surface area contributed by atoms with Crippen molar-refractivity contribution < 1.29 is 19.1 Å². The zero-order chi connectivity index (χ0) is 20.1. The first kappa shape index (κ1) is 20.2. The van der Waals surface area contributed by atoms with E-state index in [1.54, 1.807) is 16.2 Å². The summed E-state index contributed by atoms with van der Waals surface area (Å²) in [6.07, 6.45) is 0.203. The third-order valence-electron chi connectivity index (χ3n) is 4.31. The third-order valence-corrected chi connectivity index (χ3v) is 5.27. The summed E-state index contributed by atoms with van der Waals surface area (Å²) in [6.45, 7) is 6.57. The van der Waals surface area contributed by atoms with Gasteiger partial charge in [0.25, 0.3) is 0 Å². The molecule has 1 fully saturated rings. The Morgan fingerprint density at radius 2 is 1.79 bits per heavy atom. The Kier molecular flexibility index (Phi) is 6.24. The molecule has 1 aliphatic heterocycles. The second-order valence-electron chi connectivity index (χ2n) is 7.73. The number of anilines is 1. The monoisotopic (exact) mass is 402 g/mol. The van der Waals surface area contributed by atoms with Crippen LogP contribution in [0.4, 0.5) is 15.3 Å². The highest BCUT2D eigenvalue weighted by atomic mass is 32.1. The van der Waals surface area contributed by atoms with Gasteiger partial charge in [-0.1, -0.05) is 30.3 Å². The molecule has 1 aromatic carbocycles. The SMILES string of the molecule is CC(C)(C)OC(=O)N1CCC(OC(=O)Nc2ccsc2-c2ccccc2)CC1. The molecule has 0 spiro atoms. The van der Waals surface area contributed by atoms with Gasteiger partial charge in [0.1, 0.15) is 11.7 Å². The van der Waals surface area contributed by atoms with Gasteiger partial charge in [-0.25, -0.2) is 9.59 Å². The predicted molar refractivity (Wildman–Crippen MR) is 111 cm³/mol. The highest BCUT2D eigenvalue weighted by Gasteiger charge is 2.28. The fourth-order valence-electron chi connectivity index (χ4n) is 2.99. The Morgan fingerprint density at radius 3 is 2.43 bits per heavy atom. The normalized spacial score (nSPS) is 15.2. The molecule has 0 bridgehead atoms. The van der Waals surface area contributed by atoms with E-state index < -0.39 is 11.7 Å². The van der Waals surface area contributed by atoms with Gasteiger partial charge in [-0.3, -0.25) is 5.32 Å². The number of carbonyl (C=O) groups is 2. The van der Waals surface area contributed by atoms with Crippen molar-refractivity contribution in [2.24, 2.45) is 0 Å². The van der Waals surface area contributed by atoms with Crippen LogP contribution < -0.4 is 5.32 Å². The molecule has 2 heterocycles. The first-order valence-corrected chi connectivity index (χ1v) is 10.3. The minimum Gasteiger partial charge on any atom is -0.446 e. The van der Waals surface area contributed by atoms with E-state index >= 15 is 0 Å². The van der Waals surface area contributed by atoms with E-state index in [0.29, 0.717) is 25.9 Å². The van der Waals surface area contributed by atoms with Crippen LogP contribution in [0.1, 0.15) is 33.6 Å². The fourth-order valence-corrected chi connectivity index (χ4v) is 3.85. The second kappa shape index (κ2) is 8.65. The molecule has 1 aromatic heterocycles. The van der Waals surface area contributed by atoms with E-state index in [9.17, 15) is 9.59 Å². The predicted octanol–water partition coefficient (Wildman–Crippen LogP) is 5.36. The van der Waals surface area contributed by atoms with Gasteiger partial charge in [-0.2, -0.15) is 0 Å². The maximum Gasteiger partial charge on any atom is 0.411 e. The van der Waals surface area contributed by atoms with Crippen LogP contribution >= 0.6 is 11.3 Å². The van der Waals surface area contributed by atoms with Crippen LogP contribution in [-0.4, -0.2) is 41.9 Å². The first-order chi connectivity index (χ1) is 13.3. The summed E-state index contributed by atoms with van der Waals surface area (Å²) in [4.78, 5) is 27.1. The van der Waals surface area contributed by atoms with Crippen molar-refractivity contribution in [1.82, 2.24) is 4.90 Å². The van der Waals surface area contributed by atoms with Gasteiger partial charge in [0.05, 0.1) is 10.6 Å². The van der Waals surface area contributed by atoms with Crippen molar-refractivity contribution in [1.29, 1.82) is 0 Å². The molecule has 7 heteroatoms. The summed E-state index contributed by atoms with van der Waals surface area (Å²) in [6, 6.07) is 11.8. The largest absolute Gasteiger partial charge is 0.446 e. The van der Waals surface area contributed by atoms with Crippen molar-refractivity contribution in [3.63, 3.8) is 0 Å². The Bertz CT molecular complexity index is 805. The lowest BCUT2D eigenvalue weighted by molar-refractivity contribution is 0.00794. The molecule has 150 valence electrons. The molecule has 1 aliphatic rings. The fraction of sp³-hybridized carbons (Fsp3) is 0.429. The summed E-state index contributed by atoms with van der Waals surface area (Å²) >= 11 is 1.57. The molecule has 0 radical (unpaired) electrons. The lowest BCUT2D eigenvalue weighted by atomic mass is 10.1. The van der Waals surface area contributed by atoms with Crippen LogP contribution in [0.25, 0.3) is 10.4 Å². The number of rotatable bonds is 3. The zero-order valence-electron chi connectivity index (χ0n) is 16.4. The van der Waals surface area contributed by atoms with Crippen LogP contribution in [-0.2, 0) is 9.47 Å². The smallest absolute Gasteiger partial charge is 0.411 e. The Hall–Kier alpha value is -2.54. The molecule has 2 amide bonds. The van der Waals surface area contributed by atoms with E-state index in [-0.39, 0.29) is 12.2 Å². The minimum absolute atomic E-state index is 0.211. The molecule has 1 saturated heterocycles. The molecular weight excluding hydrogens is 376 g/mol. The first-order valence-electron chi connectivity index (χ1n) is 9.40. The summed E-state index contributed by atoms with van der Waals surface area (Å²) < 4.78 is 10.9. The average Bonchev–Trinajstić information content (AvgIpc) is 3.09. The van der Waals surface area contributed by atoms with E-state index in [2.05, 4.69) is 5.32 Å². The molecule has 2 aromatic rings. The van der Waals surface area contributed by atoms with Crippen molar-refractivity contribution in [2.45, 2.75) is 45.3 Å². The Morgan fingerprint density at radius 1 is 1.11 bits per heavy atom. The number of benzene rings is 1. The van der Waals surface area contributed by atoms with Crippen LogP contribution in [0, 0.1) is 0 Å². The quantitative estimate of drug-likeness (QED) is 0.750. The molecule has 3 rings (SSSR count).